The van der Waals surface area contributed by atoms with E-state index in [9.17, 15) is 9.59 Å². The molecule has 0 saturated heterocycles. The first-order valence-electron chi connectivity index (χ1n) is 8.18. The van der Waals surface area contributed by atoms with Crippen LogP contribution in [0.5, 0.6) is 0 Å². The zero-order valence-electron chi connectivity index (χ0n) is 14.4. The molecule has 0 aliphatic heterocycles. The lowest BCUT2D eigenvalue weighted by Crippen LogP contribution is -2.28. The molecule has 3 rings (SSSR count). The highest BCUT2D eigenvalue weighted by Gasteiger charge is 2.16. The van der Waals surface area contributed by atoms with E-state index < -0.39 is 0 Å². The number of benzene rings is 1. The van der Waals surface area contributed by atoms with Gasteiger partial charge in [0, 0.05) is 41.9 Å². The van der Waals surface area contributed by atoms with Crippen LogP contribution < -0.4 is 16.0 Å². The summed E-state index contributed by atoms with van der Waals surface area (Å²) in [5, 5.41) is 12.7. The van der Waals surface area contributed by atoms with Crippen LogP contribution in [-0.2, 0) is 0 Å². The zero-order valence-corrected chi connectivity index (χ0v) is 15.2. The number of halogens is 1. The molecular weight excluding hydrogens is 368 g/mol. The summed E-state index contributed by atoms with van der Waals surface area (Å²) in [4.78, 5) is 28.6. The van der Waals surface area contributed by atoms with Gasteiger partial charge in [-0.2, -0.15) is 5.10 Å². The molecule has 0 radical (unpaired) electrons. The first-order valence-corrected chi connectivity index (χ1v) is 8.56. The molecule has 27 heavy (non-hydrogen) atoms. The number of anilines is 2. The molecule has 2 aromatic heterocycles. The lowest BCUT2D eigenvalue weighted by atomic mass is 10.2. The van der Waals surface area contributed by atoms with Crippen LogP contribution in [0.3, 0.4) is 0 Å². The Morgan fingerprint density at radius 3 is 2.74 bits per heavy atom. The second kappa shape index (κ2) is 8.33. The number of amides is 3. The molecule has 3 aromatic rings. The van der Waals surface area contributed by atoms with Crippen molar-refractivity contribution in [1.29, 1.82) is 0 Å². The molecule has 0 aliphatic rings. The van der Waals surface area contributed by atoms with E-state index in [1.165, 1.54) is 10.9 Å². The number of urea groups is 1. The molecule has 9 heteroatoms. The van der Waals surface area contributed by atoms with Gasteiger partial charge in [-0.3, -0.25) is 10.1 Å². The number of pyridine rings is 1. The maximum atomic E-state index is 12.7. The zero-order chi connectivity index (χ0) is 19.2. The van der Waals surface area contributed by atoms with Gasteiger partial charge in [0.25, 0.3) is 5.91 Å². The maximum Gasteiger partial charge on any atom is 0.320 e. The predicted molar refractivity (Wildman–Crippen MR) is 103 cm³/mol. The van der Waals surface area contributed by atoms with Crippen molar-refractivity contribution >= 4 is 35.0 Å². The molecule has 0 unspecified atom stereocenters. The molecule has 3 amide bonds. The maximum absolute atomic E-state index is 12.7. The average Bonchev–Trinajstić information content (AvgIpc) is 3.16. The van der Waals surface area contributed by atoms with Crippen LogP contribution in [0.1, 0.15) is 17.3 Å². The van der Waals surface area contributed by atoms with Gasteiger partial charge in [-0.25, -0.2) is 14.5 Å². The van der Waals surface area contributed by atoms with Gasteiger partial charge in [0.2, 0.25) is 0 Å². The van der Waals surface area contributed by atoms with Crippen molar-refractivity contribution in [2.45, 2.75) is 6.92 Å². The van der Waals surface area contributed by atoms with Crippen LogP contribution in [0.2, 0.25) is 5.02 Å². The monoisotopic (exact) mass is 384 g/mol. The molecule has 0 atom stereocenters. The van der Waals surface area contributed by atoms with Gasteiger partial charge in [-0.1, -0.05) is 17.7 Å². The minimum Gasteiger partial charge on any atom is -0.338 e. The largest absolute Gasteiger partial charge is 0.338 e. The second-order valence-corrected chi connectivity index (χ2v) is 5.92. The lowest BCUT2D eigenvalue weighted by molar-refractivity contribution is 0.102. The number of carbonyl (C=O) groups is 2. The third-order valence-electron chi connectivity index (χ3n) is 3.54. The summed E-state index contributed by atoms with van der Waals surface area (Å²) in [5.74, 6) is -0.0782. The van der Waals surface area contributed by atoms with Crippen LogP contribution in [-0.4, -0.2) is 33.2 Å². The highest BCUT2D eigenvalue weighted by molar-refractivity contribution is 6.31. The minimum atomic E-state index is -0.382. The van der Waals surface area contributed by atoms with E-state index in [0.717, 1.165) is 0 Å². The molecule has 3 N–H and O–H groups in total. The van der Waals surface area contributed by atoms with Crippen molar-refractivity contribution in [3.63, 3.8) is 0 Å². The third-order valence-corrected chi connectivity index (χ3v) is 3.77. The molecule has 2 heterocycles. The Labute approximate surface area is 160 Å². The highest BCUT2D eigenvalue weighted by atomic mass is 35.5. The number of rotatable bonds is 5. The van der Waals surface area contributed by atoms with Crippen LogP contribution in [0.25, 0.3) is 5.69 Å². The van der Waals surface area contributed by atoms with Gasteiger partial charge >= 0.3 is 6.03 Å². The van der Waals surface area contributed by atoms with E-state index in [4.69, 9.17) is 11.6 Å². The van der Waals surface area contributed by atoms with Crippen molar-refractivity contribution in [2.75, 3.05) is 17.2 Å². The fourth-order valence-electron chi connectivity index (χ4n) is 2.37. The number of nitrogens with one attached hydrogen (secondary N) is 3. The fraction of sp³-hybridized carbons (Fsp3) is 0.111. The fourth-order valence-corrected chi connectivity index (χ4v) is 2.56. The molecule has 0 saturated carbocycles. The Balaban J connectivity index is 1.91. The molecule has 0 aliphatic carbocycles. The number of hydrogen-bond acceptors (Lipinski definition) is 4. The third kappa shape index (κ3) is 4.62. The molecular formula is C18H17ClN6O2. The smallest absolute Gasteiger partial charge is 0.320 e. The van der Waals surface area contributed by atoms with E-state index >= 15 is 0 Å². The van der Waals surface area contributed by atoms with E-state index in [1.54, 1.807) is 48.8 Å². The second-order valence-electron chi connectivity index (χ2n) is 5.49. The normalized spacial score (nSPS) is 10.3. The molecule has 0 fully saturated rings. The summed E-state index contributed by atoms with van der Waals surface area (Å²) in [6.45, 7) is 2.30. The Morgan fingerprint density at radius 2 is 2.04 bits per heavy atom. The minimum absolute atomic E-state index is 0.292. The van der Waals surface area contributed by atoms with E-state index in [-0.39, 0.29) is 11.9 Å². The Morgan fingerprint density at radius 1 is 1.19 bits per heavy atom. The SMILES string of the molecule is CCNC(=O)Nc1cc(-n2cccn2)c(C(=O)Nc2cccc(Cl)c2)cn1. The van der Waals surface area contributed by atoms with Crippen LogP contribution in [0.4, 0.5) is 16.3 Å². The number of nitrogens with zero attached hydrogens (tertiary/aromatic N) is 3. The van der Waals surface area contributed by atoms with Crippen LogP contribution in [0, 0.1) is 0 Å². The number of hydrogen-bond donors (Lipinski definition) is 3. The topological polar surface area (TPSA) is 101 Å². The summed E-state index contributed by atoms with van der Waals surface area (Å²) in [5.41, 5.74) is 1.32. The van der Waals surface area contributed by atoms with E-state index in [1.807, 2.05) is 6.92 Å². The standard InChI is InChI=1S/C18H17ClN6O2/c1-2-20-18(27)24-16-10-15(25-8-4-7-22-25)14(11-21-16)17(26)23-13-6-3-5-12(19)9-13/h3-11H,2H2,1H3,(H,23,26)(H2,20,21,24,27). The van der Waals surface area contributed by atoms with E-state index in [2.05, 4.69) is 26.0 Å². The van der Waals surface area contributed by atoms with E-state index in [0.29, 0.717) is 34.3 Å². The molecule has 1 aromatic carbocycles. The predicted octanol–water partition coefficient (Wildman–Crippen LogP) is 3.31. The van der Waals surface area contributed by atoms with Gasteiger partial charge in [-0.05, 0) is 31.2 Å². The quantitative estimate of drug-likeness (QED) is 0.628. The van der Waals surface area contributed by atoms with Crippen LogP contribution >= 0.6 is 11.6 Å². The van der Waals surface area contributed by atoms with Gasteiger partial charge in [0.1, 0.15) is 5.82 Å². The Hall–Kier alpha value is -3.39. The van der Waals surface area contributed by atoms with Crippen molar-refractivity contribution in [3.8, 4) is 5.69 Å². The van der Waals surface area contributed by atoms with Gasteiger partial charge in [0.05, 0.1) is 11.3 Å². The first kappa shape index (κ1) is 18.4. The first-order chi connectivity index (χ1) is 13.1. The summed E-state index contributed by atoms with van der Waals surface area (Å²) >= 11 is 5.96. The summed E-state index contributed by atoms with van der Waals surface area (Å²) in [6, 6.07) is 9.76. The number of aromatic nitrogens is 3. The molecule has 0 spiro atoms. The van der Waals surface area contributed by atoms with Gasteiger partial charge in [-0.15, -0.1) is 0 Å². The molecule has 8 nitrogen and oxygen atoms in total. The Kier molecular flexibility index (Phi) is 5.68. The average molecular weight is 385 g/mol. The van der Waals surface area contributed by atoms with Crippen molar-refractivity contribution < 1.29 is 9.59 Å². The summed E-state index contributed by atoms with van der Waals surface area (Å²) in [6.07, 6.45) is 4.68. The number of carbonyl (C=O) groups excluding carboxylic acids is 2. The Bertz CT molecular complexity index is 958. The van der Waals surface area contributed by atoms with Gasteiger partial charge < -0.3 is 10.6 Å². The van der Waals surface area contributed by atoms with Crippen LogP contribution in [0.15, 0.2) is 55.0 Å². The summed E-state index contributed by atoms with van der Waals surface area (Å²) in [7, 11) is 0. The van der Waals surface area contributed by atoms with Crippen molar-refractivity contribution in [2.24, 2.45) is 0 Å². The summed E-state index contributed by atoms with van der Waals surface area (Å²) < 4.78 is 1.53. The lowest BCUT2D eigenvalue weighted by Gasteiger charge is -2.12. The molecule has 138 valence electrons. The van der Waals surface area contributed by atoms with Gasteiger partial charge in [0.15, 0.2) is 0 Å². The van der Waals surface area contributed by atoms with Crippen molar-refractivity contribution in [1.82, 2.24) is 20.1 Å². The van der Waals surface area contributed by atoms with Crippen molar-refractivity contribution in [3.05, 3.63) is 65.6 Å². The molecule has 0 bridgehead atoms. The highest BCUT2D eigenvalue weighted by Crippen LogP contribution is 2.20.